The summed E-state index contributed by atoms with van der Waals surface area (Å²) in [5.41, 5.74) is 6.67. The minimum Gasteiger partial charge on any atom is -0.497 e. The van der Waals surface area contributed by atoms with Crippen LogP contribution in [0.5, 0.6) is 5.75 Å². The first-order valence-corrected chi connectivity index (χ1v) is 5.91. The average Bonchev–Trinajstić information content (AvgIpc) is 2.35. The van der Waals surface area contributed by atoms with Crippen LogP contribution in [0.25, 0.3) is 0 Å². The zero-order valence-electron chi connectivity index (χ0n) is 11.0. The molecular formula is C13H20N2O3. The number of hydrogen-bond acceptors (Lipinski definition) is 4. The molecule has 0 aliphatic rings. The standard InChI is InChI=1S/C13H20N2O3/c1-4-18-9(2)8-15-13(16)10-5-11(14)7-12(6-10)17-3/h5-7,9H,4,8,14H2,1-3H3,(H,15,16). The van der Waals surface area contributed by atoms with Gasteiger partial charge in [-0.25, -0.2) is 0 Å². The second-order valence-electron chi connectivity index (χ2n) is 3.97. The molecule has 1 atom stereocenters. The maximum absolute atomic E-state index is 11.9. The summed E-state index contributed by atoms with van der Waals surface area (Å²) >= 11 is 0. The van der Waals surface area contributed by atoms with Crippen molar-refractivity contribution in [3.05, 3.63) is 23.8 Å². The fraction of sp³-hybridized carbons (Fsp3) is 0.462. The van der Waals surface area contributed by atoms with Crippen LogP contribution < -0.4 is 15.8 Å². The van der Waals surface area contributed by atoms with Gasteiger partial charge in [0.25, 0.3) is 5.91 Å². The van der Waals surface area contributed by atoms with Crippen molar-refractivity contribution < 1.29 is 14.3 Å². The third-order valence-corrected chi connectivity index (χ3v) is 2.43. The molecule has 0 radical (unpaired) electrons. The zero-order valence-corrected chi connectivity index (χ0v) is 11.0. The maximum atomic E-state index is 11.9. The minimum absolute atomic E-state index is 0.0121. The molecule has 0 saturated carbocycles. The van der Waals surface area contributed by atoms with Gasteiger partial charge in [0.2, 0.25) is 0 Å². The van der Waals surface area contributed by atoms with E-state index >= 15 is 0 Å². The third-order valence-electron chi connectivity index (χ3n) is 2.43. The van der Waals surface area contributed by atoms with Crippen molar-refractivity contribution >= 4 is 11.6 Å². The lowest BCUT2D eigenvalue weighted by molar-refractivity contribution is 0.0695. The highest BCUT2D eigenvalue weighted by atomic mass is 16.5. The fourth-order valence-electron chi connectivity index (χ4n) is 1.55. The van der Waals surface area contributed by atoms with Crippen LogP contribution in [-0.4, -0.2) is 32.3 Å². The molecule has 5 nitrogen and oxygen atoms in total. The van der Waals surface area contributed by atoms with Crippen LogP contribution >= 0.6 is 0 Å². The number of carbonyl (C=O) groups excluding carboxylic acids is 1. The van der Waals surface area contributed by atoms with Crippen molar-refractivity contribution in [3.8, 4) is 5.75 Å². The molecule has 18 heavy (non-hydrogen) atoms. The van der Waals surface area contributed by atoms with E-state index in [1.54, 1.807) is 18.2 Å². The van der Waals surface area contributed by atoms with E-state index in [0.29, 0.717) is 30.2 Å². The number of benzene rings is 1. The van der Waals surface area contributed by atoms with E-state index in [4.69, 9.17) is 15.2 Å². The molecule has 3 N–H and O–H groups in total. The van der Waals surface area contributed by atoms with Crippen molar-refractivity contribution in [2.24, 2.45) is 0 Å². The number of nitrogens with two attached hydrogens (primary N) is 1. The van der Waals surface area contributed by atoms with E-state index in [1.807, 2.05) is 13.8 Å². The lowest BCUT2D eigenvalue weighted by Crippen LogP contribution is -2.32. The van der Waals surface area contributed by atoms with E-state index in [-0.39, 0.29) is 12.0 Å². The first-order chi connectivity index (χ1) is 8.56. The van der Waals surface area contributed by atoms with Gasteiger partial charge in [0.1, 0.15) is 5.75 Å². The molecule has 1 unspecified atom stereocenters. The molecule has 0 aliphatic carbocycles. The second kappa shape index (κ2) is 6.86. The molecular weight excluding hydrogens is 232 g/mol. The van der Waals surface area contributed by atoms with E-state index in [2.05, 4.69) is 5.32 Å². The SMILES string of the molecule is CCOC(C)CNC(=O)c1cc(N)cc(OC)c1. The Morgan fingerprint density at radius 1 is 1.44 bits per heavy atom. The number of nitrogens with one attached hydrogen (secondary N) is 1. The summed E-state index contributed by atoms with van der Waals surface area (Å²) in [4.78, 5) is 11.9. The minimum atomic E-state index is -0.188. The van der Waals surface area contributed by atoms with Crippen molar-refractivity contribution in [1.82, 2.24) is 5.32 Å². The molecule has 0 spiro atoms. The Bertz CT molecular complexity index is 407. The molecule has 0 bridgehead atoms. The highest BCUT2D eigenvalue weighted by molar-refractivity contribution is 5.95. The van der Waals surface area contributed by atoms with Crippen molar-refractivity contribution in [1.29, 1.82) is 0 Å². The Labute approximate surface area is 107 Å². The van der Waals surface area contributed by atoms with Crippen molar-refractivity contribution in [2.45, 2.75) is 20.0 Å². The van der Waals surface area contributed by atoms with Crippen LogP contribution in [0.1, 0.15) is 24.2 Å². The number of ether oxygens (including phenoxy) is 2. The van der Waals surface area contributed by atoms with Gasteiger partial charge in [-0.3, -0.25) is 4.79 Å². The molecule has 100 valence electrons. The summed E-state index contributed by atoms with van der Waals surface area (Å²) in [6.45, 7) is 4.91. The average molecular weight is 252 g/mol. The number of carbonyl (C=O) groups is 1. The van der Waals surface area contributed by atoms with Gasteiger partial charge >= 0.3 is 0 Å². The van der Waals surface area contributed by atoms with Gasteiger partial charge < -0.3 is 20.5 Å². The summed E-state index contributed by atoms with van der Waals surface area (Å²) in [6.07, 6.45) is -0.0121. The first kappa shape index (κ1) is 14.3. The second-order valence-corrected chi connectivity index (χ2v) is 3.97. The van der Waals surface area contributed by atoms with Crippen LogP contribution in [0, 0.1) is 0 Å². The molecule has 1 amide bonds. The van der Waals surface area contributed by atoms with Crippen molar-refractivity contribution in [3.63, 3.8) is 0 Å². The monoisotopic (exact) mass is 252 g/mol. The molecule has 0 aliphatic heterocycles. The summed E-state index contributed by atoms with van der Waals surface area (Å²) in [5, 5.41) is 2.79. The Morgan fingerprint density at radius 3 is 2.78 bits per heavy atom. The topological polar surface area (TPSA) is 73.6 Å². The van der Waals surface area contributed by atoms with Crippen molar-refractivity contribution in [2.75, 3.05) is 26.0 Å². The first-order valence-electron chi connectivity index (χ1n) is 5.91. The zero-order chi connectivity index (χ0) is 13.5. The quantitative estimate of drug-likeness (QED) is 0.751. The molecule has 1 aromatic carbocycles. The molecule has 0 saturated heterocycles. The largest absolute Gasteiger partial charge is 0.497 e. The molecule has 5 heteroatoms. The maximum Gasteiger partial charge on any atom is 0.251 e. The molecule has 0 aromatic heterocycles. The number of hydrogen-bond donors (Lipinski definition) is 2. The Morgan fingerprint density at radius 2 is 2.17 bits per heavy atom. The van der Waals surface area contributed by atoms with Crippen LogP contribution in [0.4, 0.5) is 5.69 Å². The predicted molar refractivity (Wildman–Crippen MR) is 70.8 cm³/mol. The van der Waals surface area contributed by atoms with Gasteiger partial charge in [0, 0.05) is 30.5 Å². The van der Waals surface area contributed by atoms with Gasteiger partial charge in [-0.2, -0.15) is 0 Å². The smallest absolute Gasteiger partial charge is 0.251 e. The summed E-state index contributed by atoms with van der Waals surface area (Å²) in [6, 6.07) is 4.93. The van der Waals surface area contributed by atoms with E-state index in [0.717, 1.165) is 0 Å². The van der Waals surface area contributed by atoms with Gasteiger partial charge in [-0.05, 0) is 26.0 Å². The summed E-state index contributed by atoms with van der Waals surface area (Å²) < 4.78 is 10.4. The molecule has 0 fully saturated rings. The van der Waals surface area contributed by atoms with Gasteiger partial charge in [-0.15, -0.1) is 0 Å². The number of methoxy groups -OCH3 is 1. The summed E-state index contributed by atoms with van der Waals surface area (Å²) in [7, 11) is 1.54. The van der Waals surface area contributed by atoms with Crippen LogP contribution in [0.2, 0.25) is 0 Å². The van der Waals surface area contributed by atoms with Gasteiger partial charge in [0.15, 0.2) is 0 Å². The van der Waals surface area contributed by atoms with Crippen LogP contribution in [0.15, 0.2) is 18.2 Å². The number of amides is 1. The van der Waals surface area contributed by atoms with E-state index < -0.39 is 0 Å². The summed E-state index contributed by atoms with van der Waals surface area (Å²) in [5.74, 6) is 0.380. The fourth-order valence-corrected chi connectivity index (χ4v) is 1.55. The third kappa shape index (κ3) is 4.25. The number of nitrogen functional groups attached to an aromatic ring is 1. The van der Waals surface area contributed by atoms with E-state index in [9.17, 15) is 4.79 Å². The number of anilines is 1. The number of rotatable bonds is 6. The Kier molecular flexibility index (Phi) is 5.45. The Hall–Kier alpha value is -1.75. The Balaban J connectivity index is 2.63. The normalized spacial score (nSPS) is 11.9. The van der Waals surface area contributed by atoms with Crippen LogP contribution in [0.3, 0.4) is 0 Å². The lowest BCUT2D eigenvalue weighted by atomic mass is 10.1. The highest BCUT2D eigenvalue weighted by Crippen LogP contribution is 2.18. The molecule has 0 heterocycles. The lowest BCUT2D eigenvalue weighted by Gasteiger charge is -2.13. The molecule has 1 rings (SSSR count). The highest BCUT2D eigenvalue weighted by Gasteiger charge is 2.09. The predicted octanol–water partition coefficient (Wildman–Crippen LogP) is 1.43. The van der Waals surface area contributed by atoms with E-state index in [1.165, 1.54) is 7.11 Å². The van der Waals surface area contributed by atoms with Gasteiger partial charge in [0.05, 0.1) is 13.2 Å². The molecule has 1 aromatic rings. The van der Waals surface area contributed by atoms with Gasteiger partial charge in [-0.1, -0.05) is 0 Å². The van der Waals surface area contributed by atoms with Crippen LogP contribution in [-0.2, 0) is 4.74 Å².